The van der Waals surface area contributed by atoms with E-state index in [1.807, 2.05) is 11.3 Å². The Balaban J connectivity index is 1.81. The molecule has 0 aliphatic heterocycles. The van der Waals surface area contributed by atoms with Crippen molar-refractivity contribution in [2.45, 2.75) is 52.1 Å². The minimum atomic E-state index is 0.538. The van der Waals surface area contributed by atoms with Crippen LogP contribution < -0.4 is 5.32 Å². The van der Waals surface area contributed by atoms with Crippen LogP contribution in [0, 0.1) is 12.8 Å². The molecule has 2 heteroatoms. The molecule has 1 aromatic rings. The molecule has 0 aromatic carbocycles. The molecule has 0 bridgehead atoms. The highest BCUT2D eigenvalue weighted by Gasteiger charge is 2.36. The van der Waals surface area contributed by atoms with Gasteiger partial charge in [-0.3, -0.25) is 0 Å². The molecule has 15 heavy (non-hydrogen) atoms. The lowest BCUT2D eigenvalue weighted by molar-refractivity contribution is 0.535. The van der Waals surface area contributed by atoms with Gasteiger partial charge in [0.15, 0.2) is 0 Å². The molecule has 1 N–H and O–H groups in total. The largest absolute Gasteiger partial charge is 0.306 e. The van der Waals surface area contributed by atoms with Gasteiger partial charge in [0.2, 0.25) is 0 Å². The normalized spacial score (nSPS) is 26.6. The molecule has 2 rings (SSSR count). The van der Waals surface area contributed by atoms with Gasteiger partial charge in [0.05, 0.1) is 0 Å². The summed E-state index contributed by atoms with van der Waals surface area (Å²) in [5.74, 6) is 0.957. The summed E-state index contributed by atoms with van der Waals surface area (Å²) in [5, 5.41) is 3.73. The van der Waals surface area contributed by atoms with Gasteiger partial charge in [0.25, 0.3) is 0 Å². The molecule has 0 amide bonds. The van der Waals surface area contributed by atoms with Gasteiger partial charge in [-0.05, 0) is 44.7 Å². The molecule has 1 nitrogen and oxygen atoms in total. The Hall–Kier alpha value is -0.340. The van der Waals surface area contributed by atoms with E-state index >= 15 is 0 Å². The van der Waals surface area contributed by atoms with Crippen LogP contribution in [-0.2, 0) is 0 Å². The average molecular weight is 223 g/mol. The zero-order chi connectivity index (χ0) is 10.8. The Kier molecular flexibility index (Phi) is 3.47. The first-order valence-corrected chi connectivity index (χ1v) is 6.84. The van der Waals surface area contributed by atoms with Crippen LogP contribution in [0.2, 0.25) is 0 Å². The Morgan fingerprint density at radius 1 is 1.53 bits per heavy atom. The molecule has 1 aliphatic carbocycles. The predicted molar refractivity (Wildman–Crippen MR) is 67.4 cm³/mol. The van der Waals surface area contributed by atoms with Crippen molar-refractivity contribution >= 4 is 11.3 Å². The summed E-state index contributed by atoms with van der Waals surface area (Å²) in [6.45, 7) is 6.74. The number of hydrogen-bond donors (Lipinski definition) is 1. The van der Waals surface area contributed by atoms with E-state index in [0.717, 1.165) is 12.0 Å². The lowest BCUT2D eigenvalue weighted by Crippen LogP contribution is -2.21. The standard InChI is InChI=1S/C13H21NS/c1-4-5-11-8-12(11)14-10(3)13-7-6-9(2)15-13/h6-7,10-12,14H,4-5,8H2,1-3H3. The Labute approximate surface area is 96.9 Å². The van der Waals surface area contributed by atoms with E-state index < -0.39 is 0 Å². The van der Waals surface area contributed by atoms with E-state index in [1.165, 1.54) is 29.0 Å². The third-order valence-corrected chi connectivity index (χ3v) is 4.42. The maximum absolute atomic E-state index is 3.73. The van der Waals surface area contributed by atoms with Crippen LogP contribution in [0.1, 0.15) is 48.9 Å². The third-order valence-electron chi connectivity index (χ3n) is 3.23. The summed E-state index contributed by atoms with van der Waals surface area (Å²) in [6, 6.07) is 5.81. The Morgan fingerprint density at radius 2 is 2.33 bits per heavy atom. The summed E-state index contributed by atoms with van der Waals surface area (Å²) in [6.07, 6.45) is 4.12. The fraction of sp³-hybridized carbons (Fsp3) is 0.692. The SMILES string of the molecule is CCCC1CC1NC(C)c1ccc(C)s1. The van der Waals surface area contributed by atoms with E-state index in [0.29, 0.717) is 6.04 Å². The van der Waals surface area contributed by atoms with Crippen LogP contribution >= 0.6 is 11.3 Å². The van der Waals surface area contributed by atoms with Crippen molar-refractivity contribution in [1.82, 2.24) is 5.32 Å². The second-order valence-electron chi connectivity index (χ2n) is 4.73. The molecular weight excluding hydrogens is 202 g/mol. The van der Waals surface area contributed by atoms with Gasteiger partial charge >= 0.3 is 0 Å². The van der Waals surface area contributed by atoms with Crippen LogP contribution in [0.3, 0.4) is 0 Å². The summed E-state index contributed by atoms with van der Waals surface area (Å²) in [5.41, 5.74) is 0. The molecule has 84 valence electrons. The molecular formula is C13H21NS. The summed E-state index contributed by atoms with van der Waals surface area (Å²) >= 11 is 1.92. The van der Waals surface area contributed by atoms with E-state index in [9.17, 15) is 0 Å². The highest BCUT2D eigenvalue weighted by Crippen LogP contribution is 2.36. The van der Waals surface area contributed by atoms with Crippen LogP contribution in [0.4, 0.5) is 0 Å². The average Bonchev–Trinajstić information content (AvgIpc) is 2.76. The van der Waals surface area contributed by atoms with Gasteiger partial charge in [0, 0.05) is 21.8 Å². The van der Waals surface area contributed by atoms with Gasteiger partial charge < -0.3 is 5.32 Å². The second kappa shape index (κ2) is 4.67. The maximum atomic E-state index is 3.73. The predicted octanol–water partition coefficient (Wildman–Crippen LogP) is 3.90. The van der Waals surface area contributed by atoms with Gasteiger partial charge in [-0.25, -0.2) is 0 Å². The first-order chi connectivity index (χ1) is 7.20. The van der Waals surface area contributed by atoms with Gasteiger partial charge in [0.1, 0.15) is 0 Å². The summed E-state index contributed by atoms with van der Waals surface area (Å²) < 4.78 is 0. The molecule has 0 radical (unpaired) electrons. The third kappa shape index (κ3) is 2.82. The fourth-order valence-electron chi connectivity index (χ4n) is 2.23. The number of rotatable bonds is 5. The Morgan fingerprint density at radius 3 is 2.93 bits per heavy atom. The van der Waals surface area contributed by atoms with E-state index in [1.54, 1.807) is 0 Å². The van der Waals surface area contributed by atoms with Crippen molar-refractivity contribution in [2.75, 3.05) is 0 Å². The molecule has 1 aliphatic rings. The number of thiophene rings is 1. The zero-order valence-electron chi connectivity index (χ0n) is 9.92. The monoisotopic (exact) mass is 223 g/mol. The van der Waals surface area contributed by atoms with E-state index in [-0.39, 0.29) is 0 Å². The fourth-order valence-corrected chi connectivity index (χ4v) is 3.12. The first-order valence-electron chi connectivity index (χ1n) is 6.03. The highest BCUT2D eigenvalue weighted by atomic mass is 32.1. The molecule has 1 fully saturated rings. The van der Waals surface area contributed by atoms with Crippen molar-refractivity contribution in [3.8, 4) is 0 Å². The van der Waals surface area contributed by atoms with Gasteiger partial charge in [-0.15, -0.1) is 11.3 Å². The van der Waals surface area contributed by atoms with Crippen LogP contribution in [-0.4, -0.2) is 6.04 Å². The summed E-state index contributed by atoms with van der Waals surface area (Å²) in [7, 11) is 0. The van der Waals surface area contributed by atoms with Crippen molar-refractivity contribution in [3.05, 3.63) is 21.9 Å². The molecule has 3 unspecified atom stereocenters. The summed E-state index contributed by atoms with van der Waals surface area (Å²) in [4.78, 5) is 2.90. The van der Waals surface area contributed by atoms with Crippen LogP contribution in [0.15, 0.2) is 12.1 Å². The highest BCUT2D eigenvalue weighted by molar-refractivity contribution is 7.12. The molecule has 3 atom stereocenters. The number of nitrogens with one attached hydrogen (secondary N) is 1. The van der Waals surface area contributed by atoms with Crippen molar-refractivity contribution < 1.29 is 0 Å². The minimum Gasteiger partial charge on any atom is -0.306 e. The van der Waals surface area contributed by atoms with Crippen LogP contribution in [0.25, 0.3) is 0 Å². The molecule has 1 heterocycles. The second-order valence-corrected chi connectivity index (χ2v) is 6.05. The van der Waals surface area contributed by atoms with Crippen molar-refractivity contribution in [1.29, 1.82) is 0 Å². The molecule has 1 aromatic heterocycles. The minimum absolute atomic E-state index is 0.538. The smallest absolute Gasteiger partial charge is 0.0388 e. The zero-order valence-corrected chi connectivity index (χ0v) is 10.7. The van der Waals surface area contributed by atoms with E-state index in [2.05, 4.69) is 38.2 Å². The number of aryl methyl sites for hydroxylation is 1. The van der Waals surface area contributed by atoms with Gasteiger partial charge in [-0.2, -0.15) is 0 Å². The lowest BCUT2D eigenvalue weighted by atomic mass is 10.2. The molecule has 0 spiro atoms. The van der Waals surface area contributed by atoms with Crippen molar-refractivity contribution in [3.63, 3.8) is 0 Å². The lowest BCUT2D eigenvalue weighted by Gasteiger charge is -2.11. The van der Waals surface area contributed by atoms with Crippen molar-refractivity contribution in [2.24, 2.45) is 5.92 Å². The maximum Gasteiger partial charge on any atom is 0.0388 e. The van der Waals surface area contributed by atoms with Gasteiger partial charge in [-0.1, -0.05) is 13.3 Å². The topological polar surface area (TPSA) is 12.0 Å². The molecule has 1 saturated carbocycles. The quantitative estimate of drug-likeness (QED) is 0.798. The Bertz CT molecular complexity index is 318. The van der Waals surface area contributed by atoms with Crippen LogP contribution in [0.5, 0.6) is 0 Å². The molecule has 0 saturated heterocycles. The first kappa shape index (κ1) is 11.2. The van der Waals surface area contributed by atoms with E-state index in [4.69, 9.17) is 0 Å². The number of hydrogen-bond acceptors (Lipinski definition) is 2.